The Bertz CT molecular complexity index is 864. The van der Waals surface area contributed by atoms with Gasteiger partial charge in [0, 0.05) is 12.6 Å². The Balaban J connectivity index is 2.47. The quantitative estimate of drug-likeness (QED) is 0.144. The highest BCUT2D eigenvalue weighted by molar-refractivity contribution is 8.23. The van der Waals surface area contributed by atoms with Gasteiger partial charge in [-0.15, -0.1) is 4.40 Å². The van der Waals surface area contributed by atoms with Gasteiger partial charge in [0.1, 0.15) is 16.2 Å². The van der Waals surface area contributed by atoms with Crippen molar-refractivity contribution in [3.05, 3.63) is 29.5 Å². The molecule has 2 rings (SSSR count). The average molecular weight is 425 g/mol. The number of phenolic OH excluding ortho intramolecular Hbond substituents is 1. The Hall–Kier alpha value is -2.56. The molecular formula is C19H28N4O5S. The number of amides is 1. The zero-order valence-electron chi connectivity index (χ0n) is 16.7. The van der Waals surface area contributed by atoms with Crippen molar-refractivity contribution in [2.45, 2.75) is 44.9 Å². The molecule has 0 unspecified atom stereocenters. The van der Waals surface area contributed by atoms with Crippen molar-refractivity contribution in [1.29, 1.82) is 5.41 Å². The Morgan fingerprint density at radius 1 is 1.34 bits per heavy atom. The van der Waals surface area contributed by atoms with Gasteiger partial charge in [-0.3, -0.25) is 13.9 Å². The normalized spacial score (nSPS) is 16.8. The van der Waals surface area contributed by atoms with Gasteiger partial charge in [-0.05, 0) is 30.9 Å². The molecule has 1 amide bonds. The fourth-order valence-electron chi connectivity index (χ4n) is 2.69. The third kappa shape index (κ3) is 5.49. The van der Waals surface area contributed by atoms with E-state index in [2.05, 4.69) is 15.0 Å². The van der Waals surface area contributed by atoms with Crippen LogP contribution in [-0.2, 0) is 4.79 Å². The number of phenols is 1. The number of aliphatic hydroxyl groups excluding tert-OH is 1. The van der Waals surface area contributed by atoms with Crippen molar-refractivity contribution in [2.24, 2.45) is 10.3 Å². The van der Waals surface area contributed by atoms with Gasteiger partial charge in [-0.25, -0.2) is 0 Å². The van der Waals surface area contributed by atoms with Crippen LogP contribution in [0.5, 0.6) is 5.75 Å². The van der Waals surface area contributed by atoms with Crippen molar-refractivity contribution in [3.63, 3.8) is 0 Å². The lowest BCUT2D eigenvalue weighted by atomic mass is 10.1. The molecule has 1 heterocycles. The topological polar surface area (TPSA) is 158 Å². The summed E-state index contributed by atoms with van der Waals surface area (Å²) in [5, 5.41) is 33.7. The molecule has 1 aliphatic heterocycles. The molecule has 160 valence electrons. The van der Waals surface area contributed by atoms with Crippen molar-refractivity contribution in [3.8, 4) is 5.75 Å². The van der Waals surface area contributed by atoms with Crippen molar-refractivity contribution < 1.29 is 24.1 Å². The molecule has 10 heteroatoms. The van der Waals surface area contributed by atoms with Crippen LogP contribution in [0.25, 0.3) is 0 Å². The molecule has 0 aromatic heterocycles. The third-order valence-electron chi connectivity index (χ3n) is 4.23. The Kier molecular flexibility index (Phi) is 7.28. The van der Waals surface area contributed by atoms with Gasteiger partial charge in [0.15, 0.2) is 11.6 Å². The van der Waals surface area contributed by atoms with E-state index in [0.29, 0.717) is 25.3 Å². The minimum Gasteiger partial charge on any atom is -0.508 e. The molecule has 7 N–H and O–H groups in total. The van der Waals surface area contributed by atoms with Crippen LogP contribution in [-0.4, -0.2) is 43.3 Å². The number of amidine groups is 1. The largest absolute Gasteiger partial charge is 0.508 e. The lowest BCUT2D eigenvalue weighted by Crippen LogP contribution is -2.35. The average Bonchev–Trinajstić information content (AvgIpc) is 2.62. The molecule has 0 saturated heterocycles. The third-order valence-corrected chi connectivity index (χ3v) is 5.59. The van der Waals surface area contributed by atoms with E-state index < -0.39 is 22.4 Å². The number of nitrogens with one attached hydrogen (secondary N) is 3. The summed E-state index contributed by atoms with van der Waals surface area (Å²) in [6.07, 6.45) is 1.54. The number of carbonyl (C=O) groups is 1. The summed E-state index contributed by atoms with van der Waals surface area (Å²) in [5.74, 6) is -1.31. The summed E-state index contributed by atoms with van der Waals surface area (Å²) in [6.45, 7) is 6.19. The number of aromatic hydroxyl groups is 1. The van der Waals surface area contributed by atoms with E-state index in [-0.39, 0.29) is 39.9 Å². The second-order valence-corrected chi connectivity index (χ2v) is 8.81. The van der Waals surface area contributed by atoms with Gasteiger partial charge in [0.2, 0.25) is 0 Å². The zero-order chi connectivity index (χ0) is 21.8. The van der Waals surface area contributed by atoms with E-state index in [0.717, 1.165) is 0 Å². The maximum absolute atomic E-state index is 12.8. The number of hydrogen-bond donors (Lipinski definition) is 7. The molecule has 0 fully saturated rings. The predicted octanol–water partition coefficient (Wildman–Crippen LogP) is 4.03. The standard InChI is InChI=1S/C19H28N4O5S/c1-4-5-13(20)17(25)16(19(26)21-9-8-11(2)3)18-22-14-7-6-12(24)10-15(14)29(27,28)23-18/h6-7,10-11,20,24-25,27-28H,4-5,8-9H2,1-3H3,(H,21,26)(H,22,23)/b17-16+,20-13?. The van der Waals surface area contributed by atoms with E-state index in [9.17, 15) is 24.1 Å². The molecule has 1 aromatic rings. The van der Waals surface area contributed by atoms with Gasteiger partial charge in [-0.1, -0.05) is 38.0 Å². The second-order valence-electron chi connectivity index (χ2n) is 7.15. The first-order chi connectivity index (χ1) is 13.6. The van der Waals surface area contributed by atoms with E-state index in [4.69, 9.17) is 5.41 Å². The number of hydrogen-bond acceptors (Lipinski definition) is 8. The molecule has 1 aromatic carbocycles. The predicted molar refractivity (Wildman–Crippen MR) is 115 cm³/mol. The van der Waals surface area contributed by atoms with Crippen LogP contribution in [0, 0.1) is 11.3 Å². The summed E-state index contributed by atoms with van der Waals surface area (Å²) >= 11 is 0. The van der Waals surface area contributed by atoms with Crippen LogP contribution < -0.4 is 10.6 Å². The van der Waals surface area contributed by atoms with Gasteiger partial charge in [0.05, 0.1) is 11.4 Å². The summed E-state index contributed by atoms with van der Waals surface area (Å²) in [4.78, 5) is 12.8. The van der Waals surface area contributed by atoms with Gasteiger partial charge in [-0.2, -0.15) is 0 Å². The zero-order valence-corrected chi connectivity index (χ0v) is 17.5. The highest BCUT2D eigenvalue weighted by Gasteiger charge is 2.32. The van der Waals surface area contributed by atoms with Crippen LogP contribution in [0.1, 0.15) is 40.0 Å². The fourth-order valence-corrected chi connectivity index (χ4v) is 3.87. The first kappa shape index (κ1) is 22.7. The van der Waals surface area contributed by atoms with Crippen LogP contribution in [0.4, 0.5) is 5.69 Å². The molecule has 1 aliphatic rings. The van der Waals surface area contributed by atoms with Crippen molar-refractivity contribution in [1.82, 2.24) is 5.32 Å². The summed E-state index contributed by atoms with van der Waals surface area (Å²) in [5.41, 5.74) is -0.250. The van der Waals surface area contributed by atoms with Crippen molar-refractivity contribution in [2.75, 3.05) is 11.9 Å². The number of fused-ring (bicyclic) bond motifs is 1. The van der Waals surface area contributed by atoms with Crippen LogP contribution in [0.2, 0.25) is 0 Å². The van der Waals surface area contributed by atoms with Crippen LogP contribution >= 0.6 is 10.8 Å². The summed E-state index contributed by atoms with van der Waals surface area (Å²) < 4.78 is 24.7. The van der Waals surface area contributed by atoms with E-state index in [1.165, 1.54) is 18.2 Å². The molecule has 0 bridgehead atoms. The number of benzene rings is 1. The van der Waals surface area contributed by atoms with Crippen LogP contribution in [0.15, 0.2) is 38.8 Å². The minimum absolute atomic E-state index is 0.0241. The maximum atomic E-state index is 12.8. The lowest BCUT2D eigenvalue weighted by molar-refractivity contribution is -0.117. The first-order valence-electron chi connectivity index (χ1n) is 9.34. The van der Waals surface area contributed by atoms with Gasteiger partial charge in [0.25, 0.3) is 5.91 Å². The summed E-state index contributed by atoms with van der Waals surface area (Å²) in [6, 6.07) is 3.93. The first-order valence-corrected chi connectivity index (χ1v) is 10.8. The number of nitrogens with zero attached hydrogens (tertiary/aromatic N) is 1. The SMILES string of the molecule is CCCC(=N)/C(O)=C(\C(=O)NCCC(C)C)C1=NS(O)(O)c2cc(O)ccc2N1. The van der Waals surface area contributed by atoms with E-state index >= 15 is 0 Å². The van der Waals surface area contributed by atoms with Gasteiger partial charge < -0.3 is 26.3 Å². The molecule has 9 nitrogen and oxygen atoms in total. The van der Waals surface area contributed by atoms with Crippen molar-refractivity contribution >= 4 is 33.9 Å². The van der Waals surface area contributed by atoms with Crippen LogP contribution in [0.3, 0.4) is 0 Å². The maximum Gasteiger partial charge on any atom is 0.258 e. The Labute approximate surface area is 171 Å². The van der Waals surface area contributed by atoms with Gasteiger partial charge >= 0.3 is 0 Å². The smallest absolute Gasteiger partial charge is 0.258 e. The molecular weight excluding hydrogens is 396 g/mol. The number of aliphatic hydroxyl groups is 1. The number of rotatable bonds is 8. The van der Waals surface area contributed by atoms with E-state index in [1.54, 1.807) is 0 Å². The molecule has 0 saturated carbocycles. The number of carbonyl (C=O) groups excluding carboxylic acids is 1. The molecule has 0 radical (unpaired) electrons. The minimum atomic E-state index is -3.73. The molecule has 0 atom stereocenters. The second kappa shape index (κ2) is 9.29. The number of anilines is 1. The monoisotopic (exact) mass is 424 g/mol. The highest BCUT2D eigenvalue weighted by atomic mass is 32.3. The molecule has 29 heavy (non-hydrogen) atoms. The fraction of sp³-hybridized carbons (Fsp3) is 0.421. The van der Waals surface area contributed by atoms with E-state index in [1.807, 2.05) is 20.8 Å². The highest BCUT2D eigenvalue weighted by Crippen LogP contribution is 2.56. The Morgan fingerprint density at radius 2 is 2.03 bits per heavy atom. The number of allylic oxidation sites excluding steroid dienone is 1. The Morgan fingerprint density at radius 3 is 2.66 bits per heavy atom. The lowest BCUT2D eigenvalue weighted by Gasteiger charge is -2.34. The molecule has 0 aliphatic carbocycles. The summed E-state index contributed by atoms with van der Waals surface area (Å²) in [7, 11) is -3.73. The molecule has 0 spiro atoms.